The largest absolute Gasteiger partial charge is 0.338 e. The molecule has 9 nitrogen and oxygen atoms in total. The Labute approximate surface area is 178 Å². The lowest BCUT2D eigenvalue weighted by atomic mass is 10.0. The van der Waals surface area contributed by atoms with Crippen LogP contribution >= 0.6 is 0 Å². The highest BCUT2D eigenvalue weighted by molar-refractivity contribution is 7.89. The second-order valence-corrected chi connectivity index (χ2v) is 9.83. The smallest absolute Gasteiger partial charge is 0.238 e. The van der Waals surface area contributed by atoms with Crippen LogP contribution in [-0.4, -0.2) is 27.0 Å². The zero-order valence-corrected chi connectivity index (χ0v) is 17.6. The average Bonchev–Trinajstić information content (AvgIpc) is 2.73. The first kappa shape index (κ1) is 20.9. The first-order valence-corrected chi connectivity index (χ1v) is 12.0. The van der Waals surface area contributed by atoms with Crippen LogP contribution in [0.2, 0.25) is 0 Å². The van der Waals surface area contributed by atoms with Gasteiger partial charge in [-0.2, -0.15) is 0 Å². The molecule has 1 aromatic heterocycles. The first-order valence-electron chi connectivity index (χ1n) is 8.91. The van der Waals surface area contributed by atoms with Gasteiger partial charge in [-0.1, -0.05) is 36.4 Å². The zero-order chi connectivity index (χ0) is 22.2. The average molecular weight is 456 g/mol. The molecule has 11 heteroatoms. The molecule has 0 fully saturated rings. The third-order valence-electron chi connectivity index (χ3n) is 4.57. The molecule has 0 amide bonds. The van der Waals surface area contributed by atoms with Crippen molar-refractivity contribution in [2.45, 2.75) is 9.79 Å². The lowest BCUT2D eigenvalue weighted by molar-refractivity contribution is 0.596. The topological polar surface area (TPSA) is 158 Å². The van der Waals surface area contributed by atoms with Crippen LogP contribution < -0.4 is 15.6 Å². The highest BCUT2D eigenvalue weighted by atomic mass is 32.2. The van der Waals surface area contributed by atoms with Crippen molar-refractivity contribution in [2.24, 2.45) is 10.3 Å². The Bertz CT molecular complexity index is 1500. The number of sulfonamides is 2. The molecule has 0 aliphatic rings. The fourth-order valence-corrected chi connectivity index (χ4v) is 4.17. The van der Waals surface area contributed by atoms with Gasteiger partial charge in [-0.15, -0.1) is 10.2 Å². The third-order valence-corrected chi connectivity index (χ3v) is 6.41. The van der Waals surface area contributed by atoms with Gasteiger partial charge in [-0.3, -0.25) is 0 Å². The summed E-state index contributed by atoms with van der Waals surface area (Å²) in [7, 11) is -7.65. The van der Waals surface area contributed by atoms with E-state index in [-0.39, 0.29) is 9.79 Å². The summed E-state index contributed by atoms with van der Waals surface area (Å²) in [6, 6.07) is 19.5. The summed E-state index contributed by atoms with van der Waals surface area (Å²) in [4.78, 5) is -0.0212. The molecule has 3 aromatic carbocycles. The molecule has 5 N–H and O–H groups in total. The van der Waals surface area contributed by atoms with Crippen LogP contribution in [0.25, 0.3) is 22.0 Å². The van der Waals surface area contributed by atoms with Crippen molar-refractivity contribution in [3.8, 4) is 11.3 Å². The lowest BCUT2D eigenvalue weighted by Gasteiger charge is -2.12. The predicted octanol–water partition coefficient (Wildman–Crippen LogP) is 2.34. The quantitative estimate of drug-likeness (QED) is 0.416. The normalized spacial score (nSPS) is 12.1. The van der Waals surface area contributed by atoms with E-state index in [1.807, 2.05) is 24.3 Å². The monoisotopic (exact) mass is 455 g/mol. The van der Waals surface area contributed by atoms with Crippen molar-refractivity contribution in [1.29, 1.82) is 0 Å². The summed E-state index contributed by atoms with van der Waals surface area (Å²) < 4.78 is 46.3. The van der Waals surface area contributed by atoms with Gasteiger partial charge in [0.05, 0.1) is 9.79 Å². The molecular formula is C20H17N5O4S2. The molecule has 0 spiro atoms. The number of primary sulfonamides is 2. The van der Waals surface area contributed by atoms with E-state index in [4.69, 9.17) is 10.3 Å². The number of hydrogen-bond acceptors (Lipinski definition) is 7. The Kier molecular flexibility index (Phi) is 5.19. The van der Waals surface area contributed by atoms with E-state index in [9.17, 15) is 16.8 Å². The number of nitrogens with two attached hydrogens (primary N) is 2. The highest BCUT2D eigenvalue weighted by Gasteiger charge is 2.14. The van der Waals surface area contributed by atoms with Gasteiger partial charge in [0.25, 0.3) is 0 Å². The van der Waals surface area contributed by atoms with Crippen LogP contribution in [0, 0.1) is 0 Å². The molecule has 0 unspecified atom stereocenters. The van der Waals surface area contributed by atoms with Crippen LogP contribution in [-0.2, 0) is 20.0 Å². The molecule has 0 saturated carbocycles. The van der Waals surface area contributed by atoms with Gasteiger partial charge in [0, 0.05) is 22.0 Å². The second kappa shape index (κ2) is 7.71. The van der Waals surface area contributed by atoms with E-state index in [1.165, 1.54) is 24.3 Å². The SMILES string of the molecule is NS(=O)(=O)c1ccc(Nc2nnc(-c3cccc(S(N)(=O)=O)c3)c3ccccc23)cc1. The molecule has 0 atom stereocenters. The number of nitrogens with one attached hydrogen (secondary N) is 1. The van der Waals surface area contributed by atoms with E-state index in [0.29, 0.717) is 22.8 Å². The van der Waals surface area contributed by atoms with Crippen LogP contribution in [0.4, 0.5) is 11.5 Å². The molecule has 31 heavy (non-hydrogen) atoms. The molecule has 4 rings (SSSR count). The minimum Gasteiger partial charge on any atom is -0.338 e. The van der Waals surface area contributed by atoms with Crippen LogP contribution in [0.1, 0.15) is 0 Å². The summed E-state index contributed by atoms with van der Waals surface area (Å²) in [5.74, 6) is 0.449. The van der Waals surface area contributed by atoms with E-state index in [2.05, 4.69) is 15.5 Å². The molecule has 0 aliphatic heterocycles. The number of rotatable bonds is 5. The third kappa shape index (κ3) is 4.39. The van der Waals surface area contributed by atoms with E-state index in [0.717, 1.165) is 10.8 Å². The highest BCUT2D eigenvalue weighted by Crippen LogP contribution is 2.31. The molecule has 1 heterocycles. The molecule has 0 bridgehead atoms. The standard InChI is InChI=1S/C20H17N5O4S2/c21-30(26,27)15-10-8-14(9-11-15)23-20-18-7-2-1-6-17(18)19(24-25-20)13-4-3-5-16(12-13)31(22,28)29/h1-12H,(H,23,25)(H2,21,26,27)(H2,22,28,29). The predicted molar refractivity (Wildman–Crippen MR) is 117 cm³/mol. The summed E-state index contributed by atoms with van der Waals surface area (Å²) in [5.41, 5.74) is 1.64. The van der Waals surface area contributed by atoms with Gasteiger partial charge in [-0.05, 0) is 36.4 Å². The van der Waals surface area contributed by atoms with Gasteiger partial charge in [0.15, 0.2) is 5.82 Å². The summed E-state index contributed by atoms with van der Waals surface area (Å²) in [5, 5.41) is 23.5. The van der Waals surface area contributed by atoms with Crippen LogP contribution in [0.5, 0.6) is 0 Å². The maximum Gasteiger partial charge on any atom is 0.238 e. The number of anilines is 2. The molecule has 0 aliphatic carbocycles. The Hall–Kier alpha value is -3.38. The Morgan fingerprint density at radius 2 is 1.32 bits per heavy atom. The summed E-state index contributed by atoms with van der Waals surface area (Å²) in [6.07, 6.45) is 0. The van der Waals surface area contributed by atoms with Crippen LogP contribution in [0.3, 0.4) is 0 Å². The van der Waals surface area contributed by atoms with Crippen molar-refractivity contribution in [1.82, 2.24) is 10.2 Å². The fourth-order valence-electron chi connectivity index (χ4n) is 3.09. The minimum absolute atomic E-state index is 0.000854. The van der Waals surface area contributed by atoms with E-state index >= 15 is 0 Å². The van der Waals surface area contributed by atoms with Crippen molar-refractivity contribution >= 4 is 42.3 Å². The van der Waals surface area contributed by atoms with Gasteiger partial charge in [0.2, 0.25) is 20.0 Å². The van der Waals surface area contributed by atoms with Gasteiger partial charge in [0.1, 0.15) is 5.69 Å². The van der Waals surface area contributed by atoms with E-state index in [1.54, 1.807) is 24.3 Å². The number of fused-ring (bicyclic) bond motifs is 1. The van der Waals surface area contributed by atoms with Gasteiger partial charge < -0.3 is 5.32 Å². The Morgan fingerprint density at radius 1 is 0.677 bits per heavy atom. The molecule has 0 saturated heterocycles. The molecular weight excluding hydrogens is 438 g/mol. The maximum absolute atomic E-state index is 11.7. The Balaban J connectivity index is 1.78. The van der Waals surface area contributed by atoms with Gasteiger partial charge >= 0.3 is 0 Å². The second-order valence-electron chi connectivity index (χ2n) is 6.71. The number of benzene rings is 3. The number of aromatic nitrogens is 2. The van der Waals surface area contributed by atoms with Crippen molar-refractivity contribution in [3.63, 3.8) is 0 Å². The summed E-state index contributed by atoms with van der Waals surface area (Å²) in [6.45, 7) is 0. The zero-order valence-electron chi connectivity index (χ0n) is 15.9. The van der Waals surface area contributed by atoms with E-state index < -0.39 is 20.0 Å². The van der Waals surface area contributed by atoms with Crippen molar-refractivity contribution < 1.29 is 16.8 Å². The Morgan fingerprint density at radius 3 is 1.97 bits per heavy atom. The maximum atomic E-state index is 11.7. The minimum atomic E-state index is -3.86. The lowest BCUT2D eigenvalue weighted by Crippen LogP contribution is -2.12. The van der Waals surface area contributed by atoms with Crippen LogP contribution in [0.15, 0.2) is 82.6 Å². The number of nitrogens with zero attached hydrogens (tertiary/aromatic N) is 2. The van der Waals surface area contributed by atoms with Gasteiger partial charge in [-0.25, -0.2) is 27.1 Å². The summed E-state index contributed by atoms with van der Waals surface area (Å²) >= 11 is 0. The first-order chi connectivity index (χ1) is 14.6. The fraction of sp³-hybridized carbons (Fsp3) is 0. The molecule has 158 valence electrons. The van der Waals surface area contributed by atoms with Crippen molar-refractivity contribution in [3.05, 3.63) is 72.8 Å². The van der Waals surface area contributed by atoms with Crippen molar-refractivity contribution in [2.75, 3.05) is 5.32 Å². The molecule has 4 aromatic rings. The molecule has 0 radical (unpaired) electrons. The number of hydrogen-bond donors (Lipinski definition) is 3.